The average Bonchev–Trinajstić information content (AvgIpc) is 2.47. The standard InChI is InChI=1S/C12H21N/c1-12-9-2-3-10(12)11(12)7-8(6-9)4-5-13/h8-11H,2-7,13H2,1H3. The van der Waals surface area contributed by atoms with E-state index in [1.807, 2.05) is 0 Å². The first-order chi connectivity index (χ1) is 6.26. The van der Waals surface area contributed by atoms with E-state index in [4.69, 9.17) is 5.73 Å². The van der Waals surface area contributed by atoms with Crippen LogP contribution in [0.1, 0.15) is 39.0 Å². The molecule has 0 aromatic carbocycles. The van der Waals surface area contributed by atoms with E-state index in [1.54, 1.807) is 6.42 Å². The van der Waals surface area contributed by atoms with Gasteiger partial charge >= 0.3 is 0 Å². The van der Waals surface area contributed by atoms with Crippen LogP contribution in [0.25, 0.3) is 0 Å². The molecule has 1 heteroatoms. The summed E-state index contributed by atoms with van der Waals surface area (Å²) in [6, 6.07) is 0. The lowest BCUT2D eigenvalue weighted by atomic mass is 9.73. The van der Waals surface area contributed by atoms with Crippen molar-refractivity contribution in [1.82, 2.24) is 0 Å². The first kappa shape index (κ1) is 8.28. The lowest BCUT2D eigenvalue weighted by molar-refractivity contribution is 0.175. The van der Waals surface area contributed by atoms with Crippen molar-refractivity contribution in [1.29, 1.82) is 0 Å². The fourth-order valence-corrected chi connectivity index (χ4v) is 4.65. The molecule has 0 aromatic heterocycles. The Bertz CT molecular complexity index is 225. The third-order valence-corrected chi connectivity index (χ3v) is 5.46. The van der Waals surface area contributed by atoms with E-state index < -0.39 is 0 Å². The van der Waals surface area contributed by atoms with Crippen molar-refractivity contribution in [3.05, 3.63) is 0 Å². The highest BCUT2D eigenvalue weighted by atomic mass is 14.7. The SMILES string of the molecule is CC12C3CCC1C2CC(CCN)C3. The third-order valence-electron chi connectivity index (χ3n) is 5.46. The summed E-state index contributed by atoms with van der Waals surface area (Å²) in [6.45, 7) is 3.46. The zero-order valence-electron chi connectivity index (χ0n) is 8.63. The largest absolute Gasteiger partial charge is 0.330 e. The van der Waals surface area contributed by atoms with Crippen molar-refractivity contribution >= 4 is 0 Å². The molecule has 5 unspecified atom stereocenters. The van der Waals surface area contributed by atoms with E-state index in [-0.39, 0.29) is 0 Å². The summed E-state index contributed by atoms with van der Waals surface area (Å²) in [7, 11) is 0. The maximum absolute atomic E-state index is 5.65. The Balaban J connectivity index is 1.73. The molecule has 0 spiro atoms. The van der Waals surface area contributed by atoms with Crippen LogP contribution in [0.2, 0.25) is 0 Å². The maximum Gasteiger partial charge on any atom is -0.00746 e. The van der Waals surface area contributed by atoms with E-state index in [2.05, 4.69) is 6.92 Å². The quantitative estimate of drug-likeness (QED) is 0.692. The van der Waals surface area contributed by atoms with Crippen LogP contribution in [0.3, 0.4) is 0 Å². The second kappa shape index (κ2) is 2.50. The van der Waals surface area contributed by atoms with Crippen molar-refractivity contribution in [2.75, 3.05) is 6.54 Å². The molecule has 3 aliphatic carbocycles. The molecule has 0 heterocycles. The van der Waals surface area contributed by atoms with Crippen molar-refractivity contribution in [3.8, 4) is 0 Å². The lowest BCUT2D eigenvalue weighted by Gasteiger charge is -2.33. The van der Waals surface area contributed by atoms with Crippen molar-refractivity contribution < 1.29 is 0 Å². The highest BCUT2D eigenvalue weighted by Crippen LogP contribution is 2.76. The van der Waals surface area contributed by atoms with Crippen molar-refractivity contribution in [2.24, 2.45) is 34.8 Å². The second-order valence-electron chi connectivity index (χ2n) is 5.77. The average molecular weight is 179 g/mol. The molecule has 0 radical (unpaired) electrons. The molecule has 3 rings (SSSR count). The maximum atomic E-state index is 5.65. The van der Waals surface area contributed by atoms with Gasteiger partial charge in [-0.1, -0.05) is 6.92 Å². The zero-order chi connectivity index (χ0) is 9.05. The van der Waals surface area contributed by atoms with Gasteiger partial charge in [0.05, 0.1) is 0 Å². The molecular weight excluding hydrogens is 158 g/mol. The van der Waals surface area contributed by atoms with Crippen LogP contribution >= 0.6 is 0 Å². The molecular formula is C12H21N. The second-order valence-corrected chi connectivity index (χ2v) is 5.77. The van der Waals surface area contributed by atoms with Gasteiger partial charge in [0.1, 0.15) is 0 Å². The molecule has 74 valence electrons. The summed E-state index contributed by atoms with van der Waals surface area (Å²) >= 11 is 0. The van der Waals surface area contributed by atoms with Crippen LogP contribution in [0.15, 0.2) is 0 Å². The van der Waals surface area contributed by atoms with E-state index in [9.17, 15) is 0 Å². The van der Waals surface area contributed by atoms with Gasteiger partial charge < -0.3 is 5.73 Å². The molecule has 3 aliphatic rings. The first-order valence-corrected chi connectivity index (χ1v) is 5.97. The van der Waals surface area contributed by atoms with Gasteiger partial charge in [0.15, 0.2) is 0 Å². The Morgan fingerprint density at radius 3 is 2.77 bits per heavy atom. The fourth-order valence-electron chi connectivity index (χ4n) is 4.65. The summed E-state index contributed by atoms with van der Waals surface area (Å²) in [5, 5.41) is 0. The van der Waals surface area contributed by atoms with E-state index >= 15 is 0 Å². The number of nitrogens with two attached hydrogens (primary N) is 1. The van der Waals surface area contributed by atoms with Crippen LogP contribution in [0.5, 0.6) is 0 Å². The van der Waals surface area contributed by atoms with Gasteiger partial charge in [-0.05, 0) is 67.7 Å². The molecule has 0 aromatic rings. The molecule has 0 aliphatic heterocycles. The minimum absolute atomic E-state index is 0.811. The molecule has 3 saturated carbocycles. The Morgan fingerprint density at radius 2 is 2.08 bits per heavy atom. The predicted octanol–water partition coefficient (Wildman–Crippen LogP) is 2.41. The summed E-state index contributed by atoms with van der Waals surface area (Å²) in [4.78, 5) is 0. The van der Waals surface area contributed by atoms with E-state index in [1.165, 1.54) is 25.7 Å². The number of hydrogen-bond donors (Lipinski definition) is 1. The predicted molar refractivity (Wildman–Crippen MR) is 54.2 cm³/mol. The summed E-state index contributed by atoms with van der Waals surface area (Å²) in [6.07, 6.45) is 7.37. The molecule has 5 atom stereocenters. The van der Waals surface area contributed by atoms with Gasteiger partial charge in [0, 0.05) is 0 Å². The molecule has 13 heavy (non-hydrogen) atoms. The zero-order valence-corrected chi connectivity index (χ0v) is 8.63. The Kier molecular flexibility index (Phi) is 1.59. The molecule has 3 fully saturated rings. The lowest BCUT2D eigenvalue weighted by Crippen LogP contribution is -2.25. The van der Waals surface area contributed by atoms with Crippen LogP contribution in [-0.4, -0.2) is 6.54 Å². The van der Waals surface area contributed by atoms with Gasteiger partial charge in [0.25, 0.3) is 0 Å². The molecule has 0 bridgehead atoms. The van der Waals surface area contributed by atoms with Gasteiger partial charge in [-0.2, -0.15) is 0 Å². The van der Waals surface area contributed by atoms with Gasteiger partial charge in [-0.15, -0.1) is 0 Å². The molecule has 0 amide bonds. The minimum atomic E-state index is 0.811. The monoisotopic (exact) mass is 179 g/mol. The van der Waals surface area contributed by atoms with Crippen LogP contribution in [0.4, 0.5) is 0 Å². The van der Waals surface area contributed by atoms with Crippen molar-refractivity contribution in [3.63, 3.8) is 0 Å². The summed E-state index contributed by atoms with van der Waals surface area (Å²) in [5.74, 6) is 4.29. The molecule has 0 saturated heterocycles. The Morgan fingerprint density at radius 1 is 1.23 bits per heavy atom. The van der Waals surface area contributed by atoms with Gasteiger partial charge in [-0.3, -0.25) is 0 Å². The topological polar surface area (TPSA) is 26.0 Å². The van der Waals surface area contributed by atoms with Crippen LogP contribution in [0, 0.1) is 29.1 Å². The summed E-state index contributed by atoms with van der Waals surface area (Å²) in [5.41, 5.74) is 6.46. The number of rotatable bonds is 2. The minimum Gasteiger partial charge on any atom is -0.330 e. The van der Waals surface area contributed by atoms with Gasteiger partial charge in [0.2, 0.25) is 0 Å². The summed E-state index contributed by atoms with van der Waals surface area (Å²) < 4.78 is 0. The first-order valence-electron chi connectivity index (χ1n) is 5.97. The number of fused-ring (bicyclic) bond motifs is 1. The highest BCUT2D eigenvalue weighted by molar-refractivity contribution is 5.17. The normalized spacial score (nSPS) is 57.7. The smallest absolute Gasteiger partial charge is 0.00746 e. The van der Waals surface area contributed by atoms with E-state index in [0.717, 1.165) is 35.6 Å². The Hall–Kier alpha value is -0.0400. The van der Waals surface area contributed by atoms with Gasteiger partial charge in [-0.25, -0.2) is 0 Å². The van der Waals surface area contributed by atoms with Crippen molar-refractivity contribution in [2.45, 2.75) is 39.0 Å². The molecule has 1 nitrogen and oxygen atoms in total. The highest BCUT2D eigenvalue weighted by Gasteiger charge is 2.69. The van der Waals surface area contributed by atoms with Crippen LogP contribution in [-0.2, 0) is 0 Å². The third kappa shape index (κ3) is 0.918. The Labute approximate surface area is 81.1 Å². The fraction of sp³-hybridized carbons (Fsp3) is 1.00. The molecule has 2 N–H and O–H groups in total. The van der Waals surface area contributed by atoms with Crippen LogP contribution < -0.4 is 5.73 Å². The number of hydrogen-bond acceptors (Lipinski definition) is 1. The van der Waals surface area contributed by atoms with E-state index in [0.29, 0.717) is 0 Å².